The molecule has 0 fully saturated rings. The van der Waals surface area contributed by atoms with Gasteiger partial charge >= 0.3 is 0 Å². The lowest BCUT2D eigenvalue weighted by molar-refractivity contribution is -0.143. The third kappa shape index (κ3) is 7.91. The zero-order valence-electron chi connectivity index (χ0n) is 19.1. The van der Waals surface area contributed by atoms with Crippen LogP contribution in [0, 0.1) is 19.8 Å². The minimum absolute atomic E-state index is 0.134. The van der Waals surface area contributed by atoms with Crippen molar-refractivity contribution in [1.82, 2.24) is 10.2 Å². The van der Waals surface area contributed by atoms with Crippen LogP contribution < -0.4 is 10.1 Å². The Labute approximate surface area is 190 Å². The van der Waals surface area contributed by atoms with Crippen LogP contribution in [0.5, 0.6) is 5.75 Å². The van der Waals surface area contributed by atoms with Crippen LogP contribution in [0.1, 0.15) is 43.9 Å². The first-order valence-electron chi connectivity index (χ1n) is 10.7. The molecule has 2 amide bonds. The minimum Gasteiger partial charge on any atom is -0.484 e. The first-order chi connectivity index (χ1) is 14.7. The summed E-state index contributed by atoms with van der Waals surface area (Å²) in [6, 6.07) is 12.6. The lowest BCUT2D eigenvalue weighted by Gasteiger charge is -2.31. The molecule has 31 heavy (non-hydrogen) atoms. The van der Waals surface area contributed by atoms with Crippen molar-refractivity contribution in [2.45, 2.75) is 53.6 Å². The third-order valence-electron chi connectivity index (χ3n) is 4.89. The van der Waals surface area contributed by atoms with E-state index >= 15 is 0 Å². The number of benzene rings is 2. The SMILES string of the molecule is CC[C@H](C(=O)NCC(C)C)N(Cc1ccc(Cl)cc1)C(=O)COc1cc(C)cc(C)c1. The zero-order valence-corrected chi connectivity index (χ0v) is 19.8. The molecule has 168 valence electrons. The minimum atomic E-state index is -0.579. The average molecular weight is 445 g/mol. The largest absolute Gasteiger partial charge is 0.484 e. The highest BCUT2D eigenvalue weighted by atomic mass is 35.5. The number of carbonyl (C=O) groups excluding carboxylic acids is 2. The van der Waals surface area contributed by atoms with Crippen molar-refractivity contribution in [1.29, 1.82) is 0 Å². The molecule has 0 unspecified atom stereocenters. The number of nitrogens with one attached hydrogen (secondary N) is 1. The van der Waals surface area contributed by atoms with Crippen LogP contribution in [0.2, 0.25) is 5.02 Å². The van der Waals surface area contributed by atoms with E-state index in [0.29, 0.717) is 36.2 Å². The molecule has 0 spiro atoms. The van der Waals surface area contributed by atoms with Crippen molar-refractivity contribution in [3.8, 4) is 5.75 Å². The van der Waals surface area contributed by atoms with E-state index < -0.39 is 6.04 Å². The van der Waals surface area contributed by atoms with E-state index in [1.807, 2.05) is 65.0 Å². The number of amides is 2. The van der Waals surface area contributed by atoms with Gasteiger partial charge in [-0.2, -0.15) is 0 Å². The lowest BCUT2D eigenvalue weighted by Crippen LogP contribution is -2.50. The Balaban J connectivity index is 2.20. The van der Waals surface area contributed by atoms with Gasteiger partial charge in [0, 0.05) is 18.1 Å². The average Bonchev–Trinajstić information content (AvgIpc) is 2.71. The maximum Gasteiger partial charge on any atom is 0.261 e. The number of rotatable bonds is 10. The number of carbonyl (C=O) groups is 2. The van der Waals surface area contributed by atoms with Gasteiger partial charge in [-0.1, -0.05) is 50.6 Å². The Hall–Kier alpha value is -2.53. The fourth-order valence-corrected chi connectivity index (χ4v) is 3.50. The summed E-state index contributed by atoms with van der Waals surface area (Å²) in [5, 5.41) is 3.58. The van der Waals surface area contributed by atoms with Gasteiger partial charge < -0.3 is 15.0 Å². The van der Waals surface area contributed by atoms with Crippen LogP contribution in [-0.2, 0) is 16.1 Å². The molecule has 0 aromatic heterocycles. The van der Waals surface area contributed by atoms with Gasteiger partial charge in [0.15, 0.2) is 6.61 Å². The van der Waals surface area contributed by atoms with Crippen molar-refractivity contribution >= 4 is 23.4 Å². The van der Waals surface area contributed by atoms with Gasteiger partial charge in [-0.15, -0.1) is 0 Å². The van der Waals surface area contributed by atoms with E-state index in [-0.39, 0.29) is 18.4 Å². The molecule has 2 aromatic rings. The standard InChI is InChI=1S/C25H33ClN2O3/c1-6-23(25(30)27-14-17(2)3)28(15-20-7-9-21(26)10-8-20)24(29)16-31-22-12-18(4)11-19(5)13-22/h7-13,17,23H,6,14-16H2,1-5H3,(H,27,30)/t23-/m1/s1. The van der Waals surface area contributed by atoms with E-state index in [1.54, 1.807) is 17.0 Å². The van der Waals surface area contributed by atoms with Gasteiger partial charge in [0.2, 0.25) is 5.91 Å². The van der Waals surface area contributed by atoms with E-state index in [9.17, 15) is 9.59 Å². The summed E-state index contributed by atoms with van der Waals surface area (Å²) < 4.78 is 5.80. The highest BCUT2D eigenvalue weighted by Gasteiger charge is 2.29. The van der Waals surface area contributed by atoms with Crippen molar-refractivity contribution in [2.75, 3.05) is 13.2 Å². The Morgan fingerprint density at radius 3 is 2.23 bits per heavy atom. The summed E-state index contributed by atoms with van der Waals surface area (Å²) in [6.45, 7) is 10.7. The van der Waals surface area contributed by atoms with Gasteiger partial charge in [-0.05, 0) is 67.1 Å². The summed E-state index contributed by atoms with van der Waals surface area (Å²) in [5.74, 6) is 0.593. The molecular formula is C25H33ClN2O3. The molecule has 0 radical (unpaired) electrons. The van der Waals surface area contributed by atoms with E-state index in [2.05, 4.69) is 5.32 Å². The molecule has 5 nitrogen and oxygen atoms in total. The molecule has 0 aliphatic heterocycles. The molecular weight excluding hydrogens is 412 g/mol. The van der Waals surface area contributed by atoms with Crippen LogP contribution in [-0.4, -0.2) is 35.9 Å². The topological polar surface area (TPSA) is 58.6 Å². The van der Waals surface area contributed by atoms with Crippen molar-refractivity contribution in [2.24, 2.45) is 5.92 Å². The number of nitrogens with zero attached hydrogens (tertiary/aromatic N) is 1. The monoisotopic (exact) mass is 444 g/mol. The summed E-state index contributed by atoms with van der Waals surface area (Å²) in [6.07, 6.45) is 0.507. The fourth-order valence-electron chi connectivity index (χ4n) is 3.37. The molecule has 0 aliphatic rings. The normalized spacial score (nSPS) is 11.8. The van der Waals surface area contributed by atoms with Crippen LogP contribution in [0.25, 0.3) is 0 Å². The number of halogens is 1. The van der Waals surface area contributed by atoms with Crippen LogP contribution >= 0.6 is 11.6 Å². The van der Waals surface area contributed by atoms with Crippen LogP contribution in [0.15, 0.2) is 42.5 Å². The maximum atomic E-state index is 13.2. The molecule has 2 rings (SSSR count). The number of ether oxygens (including phenoxy) is 1. The van der Waals surface area contributed by atoms with Gasteiger partial charge in [-0.3, -0.25) is 9.59 Å². The van der Waals surface area contributed by atoms with Crippen molar-refractivity contribution in [3.63, 3.8) is 0 Å². The van der Waals surface area contributed by atoms with Crippen LogP contribution in [0.3, 0.4) is 0 Å². The second-order valence-corrected chi connectivity index (χ2v) is 8.76. The predicted molar refractivity (Wildman–Crippen MR) is 125 cm³/mol. The van der Waals surface area contributed by atoms with Crippen molar-refractivity contribution in [3.05, 3.63) is 64.2 Å². The van der Waals surface area contributed by atoms with Gasteiger partial charge in [0.05, 0.1) is 0 Å². The number of hydrogen-bond acceptors (Lipinski definition) is 3. The maximum absolute atomic E-state index is 13.2. The van der Waals surface area contributed by atoms with Crippen molar-refractivity contribution < 1.29 is 14.3 Å². The van der Waals surface area contributed by atoms with E-state index in [0.717, 1.165) is 16.7 Å². The number of aryl methyl sites for hydroxylation is 2. The molecule has 1 N–H and O–H groups in total. The summed E-state index contributed by atoms with van der Waals surface area (Å²) in [7, 11) is 0. The molecule has 1 atom stereocenters. The third-order valence-corrected chi connectivity index (χ3v) is 5.15. The summed E-state index contributed by atoms with van der Waals surface area (Å²) >= 11 is 6.00. The van der Waals surface area contributed by atoms with Gasteiger partial charge in [-0.25, -0.2) is 0 Å². The molecule has 0 saturated carbocycles. The Morgan fingerprint density at radius 1 is 1.06 bits per heavy atom. The molecule has 2 aromatic carbocycles. The summed E-state index contributed by atoms with van der Waals surface area (Å²) in [5.41, 5.74) is 3.04. The molecule has 6 heteroatoms. The second kappa shape index (κ2) is 11.8. The molecule has 0 bridgehead atoms. The number of hydrogen-bond donors (Lipinski definition) is 1. The Kier molecular flexibility index (Phi) is 9.38. The quantitative estimate of drug-likeness (QED) is 0.566. The first kappa shape index (κ1) is 24.7. The molecule has 0 saturated heterocycles. The summed E-state index contributed by atoms with van der Waals surface area (Å²) in [4.78, 5) is 27.7. The Bertz CT molecular complexity index is 861. The second-order valence-electron chi connectivity index (χ2n) is 8.32. The smallest absolute Gasteiger partial charge is 0.261 e. The van der Waals surface area contributed by atoms with Crippen LogP contribution in [0.4, 0.5) is 0 Å². The molecule has 0 aliphatic carbocycles. The van der Waals surface area contributed by atoms with E-state index in [1.165, 1.54) is 0 Å². The highest BCUT2D eigenvalue weighted by molar-refractivity contribution is 6.30. The fraction of sp³-hybridized carbons (Fsp3) is 0.440. The Morgan fingerprint density at radius 2 is 1.68 bits per heavy atom. The lowest BCUT2D eigenvalue weighted by atomic mass is 10.1. The van der Waals surface area contributed by atoms with E-state index in [4.69, 9.17) is 16.3 Å². The first-order valence-corrected chi connectivity index (χ1v) is 11.1. The van der Waals surface area contributed by atoms with Gasteiger partial charge in [0.25, 0.3) is 5.91 Å². The highest BCUT2D eigenvalue weighted by Crippen LogP contribution is 2.18. The predicted octanol–water partition coefficient (Wildman–Crippen LogP) is 4.92. The zero-order chi connectivity index (χ0) is 23.0. The van der Waals surface area contributed by atoms with Gasteiger partial charge in [0.1, 0.15) is 11.8 Å². The molecule has 0 heterocycles.